The van der Waals surface area contributed by atoms with Gasteiger partial charge in [-0.25, -0.2) is 0 Å². The summed E-state index contributed by atoms with van der Waals surface area (Å²) in [4.78, 5) is 8.40. The first-order valence-corrected chi connectivity index (χ1v) is 5.79. The molecule has 0 saturated carbocycles. The van der Waals surface area contributed by atoms with E-state index in [-0.39, 0.29) is 6.04 Å². The van der Waals surface area contributed by atoms with Gasteiger partial charge in [-0.05, 0) is 24.7 Å². The van der Waals surface area contributed by atoms with Gasteiger partial charge in [-0.3, -0.25) is 9.97 Å². The number of nitrogens with one attached hydrogen (secondary N) is 1. The zero-order valence-corrected chi connectivity index (χ0v) is 10.5. The lowest BCUT2D eigenvalue weighted by molar-refractivity contribution is 0.666. The highest BCUT2D eigenvalue weighted by Crippen LogP contribution is 2.21. The lowest BCUT2D eigenvalue weighted by Gasteiger charge is -2.15. The minimum absolute atomic E-state index is 0.0850. The molecule has 3 nitrogen and oxygen atoms in total. The molecule has 0 aliphatic carbocycles. The van der Waals surface area contributed by atoms with Gasteiger partial charge in [0.2, 0.25) is 0 Å². The Kier molecular flexibility index (Phi) is 3.64. The molecule has 0 saturated heterocycles. The molecule has 4 heteroatoms. The number of rotatable bonds is 3. The molecule has 0 radical (unpaired) electrons. The van der Waals surface area contributed by atoms with E-state index in [0.717, 1.165) is 10.2 Å². The van der Waals surface area contributed by atoms with Crippen LogP contribution in [0, 0.1) is 0 Å². The molecule has 16 heavy (non-hydrogen) atoms. The zero-order chi connectivity index (χ0) is 11.4. The van der Waals surface area contributed by atoms with Crippen LogP contribution in [0.2, 0.25) is 0 Å². The fourth-order valence-electron chi connectivity index (χ4n) is 1.60. The molecule has 0 fully saturated rings. The quantitative estimate of drug-likeness (QED) is 0.937. The Morgan fingerprint density at radius 1 is 1.19 bits per heavy atom. The summed E-state index contributed by atoms with van der Waals surface area (Å²) in [6.45, 7) is 0. The van der Waals surface area contributed by atoms with E-state index in [1.165, 1.54) is 5.56 Å². The summed E-state index contributed by atoms with van der Waals surface area (Å²) in [6, 6.07) is 8.27. The maximum absolute atomic E-state index is 4.31. The number of benzene rings is 1. The molecule has 0 aliphatic rings. The number of hydrogen-bond acceptors (Lipinski definition) is 3. The largest absolute Gasteiger partial charge is 0.308 e. The van der Waals surface area contributed by atoms with Gasteiger partial charge in [0.25, 0.3) is 0 Å². The van der Waals surface area contributed by atoms with E-state index in [4.69, 9.17) is 0 Å². The molecule has 1 unspecified atom stereocenters. The molecule has 0 amide bonds. The molecule has 2 rings (SSSR count). The summed E-state index contributed by atoms with van der Waals surface area (Å²) in [5.41, 5.74) is 2.10. The van der Waals surface area contributed by atoms with Crippen LogP contribution in [0.15, 0.2) is 47.3 Å². The van der Waals surface area contributed by atoms with Crippen molar-refractivity contribution in [3.63, 3.8) is 0 Å². The summed E-state index contributed by atoms with van der Waals surface area (Å²) < 4.78 is 1.07. The molecule has 2 aromatic rings. The average Bonchev–Trinajstić information content (AvgIpc) is 2.34. The molecule has 0 spiro atoms. The second-order valence-corrected chi connectivity index (χ2v) is 4.32. The molecular weight excluding hydrogens is 266 g/mol. The lowest BCUT2D eigenvalue weighted by Crippen LogP contribution is -2.18. The molecule has 1 heterocycles. The van der Waals surface area contributed by atoms with Crippen LogP contribution in [0.25, 0.3) is 0 Å². The topological polar surface area (TPSA) is 37.8 Å². The first-order chi connectivity index (χ1) is 7.81. The van der Waals surface area contributed by atoms with E-state index >= 15 is 0 Å². The third-order valence-electron chi connectivity index (χ3n) is 2.37. The van der Waals surface area contributed by atoms with Crippen LogP contribution in [-0.4, -0.2) is 17.0 Å². The molecule has 1 atom stereocenters. The van der Waals surface area contributed by atoms with Crippen molar-refractivity contribution in [2.75, 3.05) is 7.05 Å². The minimum Gasteiger partial charge on any atom is -0.308 e. The van der Waals surface area contributed by atoms with Gasteiger partial charge in [-0.2, -0.15) is 0 Å². The first-order valence-electron chi connectivity index (χ1n) is 5.00. The highest BCUT2D eigenvalue weighted by molar-refractivity contribution is 9.10. The summed E-state index contributed by atoms with van der Waals surface area (Å²) in [7, 11) is 1.92. The SMILES string of the molecule is CNC(c1ccc(Br)cc1)c1cnccn1. The molecular formula is C12H12BrN3. The summed E-state index contributed by atoms with van der Waals surface area (Å²) in [5.74, 6) is 0. The van der Waals surface area contributed by atoms with Gasteiger partial charge in [0, 0.05) is 16.9 Å². The van der Waals surface area contributed by atoms with Crippen molar-refractivity contribution in [1.29, 1.82) is 0 Å². The van der Waals surface area contributed by atoms with Crippen LogP contribution in [0.4, 0.5) is 0 Å². The van der Waals surface area contributed by atoms with E-state index in [1.54, 1.807) is 18.6 Å². The third kappa shape index (κ3) is 2.46. The Morgan fingerprint density at radius 2 is 1.94 bits per heavy atom. The van der Waals surface area contributed by atoms with Gasteiger partial charge < -0.3 is 5.32 Å². The highest BCUT2D eigenvalue weighted by Gasteiger charge is 2.12. The van der Waals surface area contributed by atoms with E-state index in [0.29, 0.717) is 0 Å². The summed E-state index contributed by atoms with van der Waals surface area (Å²) >= 11 is 3.42. The predicted molar refractivity (Wildman–Crippen MR) is 67.1 cm³/mol. The van der Waals surface area contributed by atoms with Gasteiger partial charge >= 0.3 is 0 Å². The number of hydrogen-bond donors (Lipinski definition) is 1. The Balaban J connectivity index is 2.33. The fraction of sp³-hybridized carbons (Fsp3) is 0.167. The van der Waals surface area contributed by atoms with Crippen LogP contribution in [0.3, 0.4) is 0 Å². The van der Waals surface area contributed by atoms with Crippen molar-refractivity contribution in [2.24, 2.45) is 0 Å². The van der Waals surface area contributed by atoms with Crippen molar-refractivity contribution in [1.82, 2.24) is 15.3 Å². The first kappa shape index (κ1) is 11.2. The van der Waals surface area contributed by atoms with Gasteiger partial charge in [0.1, 0.15) is 0 Å². The monoisotopic (exact) mass is 277 g/mol. The number of nitrogens with zero attached hydrogens (tertiary/aromatic N) is 2. The van der Waals surface area contributed by atoms with Gasteiger partial charge in [-0.1, -0.05) is 28.1 Å². The molecule has 1 aromatic carbocycles. The predicted octanol–water partition coefficient (Wildman–Crippen LogP) is 2.55. The van der Waals surface area contributed by atoms with Gasteiger partial charge in [0.15, 0.2) is 0 Å². The van der Waals surface area contributed by atoms with Crippen molar-refractivity contribution in [3.05, 3.63) is 58.6 Å². The Bertz CT molecular complexity index is 442. The molecule has 0 aliphatic heterocycles. The smallest absolute Gasteiger partial charge is 0.0801 e. The summed E-state index contributed by atoms with van der Waals surface area (Å²) in [6.07, 6.45) is 5.17. The van der Waals surface area contributed by atoms with Crippen LogP contribution >= 0.6 is 15.9 Å². The lowest BCUT2D eigenvalue weighted by atomic mass is 10.0. The maximum atomic E-state index is 4.31. The van der Waals surface area contributed by atoms with E-state index in [1.807, 2.05) is 19.2 Å². The van der Waals surface area contributed by atoms with Crippen LogP contribution < -0.4 is 5.32 Å². The van der Waals surface area contributed by atoms with Crippen LogP contribution in [-0.2, 0) is 0 Å². The van der Waals surface area contributed by atoms with E-state index < -0.39 is 0 Å². The zero-order valence-electron chi connectivity index (χ0n) is 8.89. The minimum atomic E-state index is 0.0850. The Hall–Kier alpha value is -1.26. The number of halogens is 1. The van der Waals surface area contributed by atoms with Crippen molar-refractivity contribution < 1.29 is 0 Å². The van der Waals surface area contributed by atoms with Gasteiger partial charge in [-0.15, -0.1) is 0 Å². The van der Waals surface area contributed by atoms with Crippen molar-refractivity contribution >= 4 is 15.9 Å². The second kappa shape index (κ2) is 5.18. The van der Waals surface area contributed by atoms with Crippen molar-refractivity contribution in [2.45, 2.75) is 6.04 Å². The number of aromatic nitrogens is 2. The second-order valence-electron chi connectivity index (χ2n) is 3.40. The van der Waals surface area contributed by atoms with Crippen LogP contribution in [0.1, 0.15) is 17.3 Å². The normalized spacial score (nSPS) is 12.4. The Labute approximate surface area is 103 Å². The average molecular weight is 278 g/mol. The van der Waals surface area contributed by atoms with E-state index in [2.05, 4.69) is 43.3 Å². The standard InChI is InChI=1S/C12H12BrN3/c1-14-12(11-8-15-6-7-16-11)9-2-4-10(13)5-3-9/h2-8,12,14H,1H3. The van der Waals surface area contributed by atoms with E-state index in [9.17, 15) is 0 Å². The molecule has 0 bridgehead atoms. The molecule has 1 N–H and O–H groups in total. The van der Waals surface area contributed by atoms with Gasteiger partial charge in [0.05, 0.1) is 17.9 Å². The third-order valence-corrected chi connectivity index (χ3v) is 2.90. The highest BCUT2D eigenvalue weighted by atomic mass is 79.9. The Morgan fingerprint density at radius 3 is 2.50 bits per heavy atom. The summed E-state index contributed by atoms with van der Waals surface area (Å²) in [5, 5.41) is 3.24. The van der Waals surface area contributed by atoms with Crippen molar-refractivity contribution in [3.8, 4) is 0 Å². The van der Waals surface area contributed by atoms with Crippen LogP contribution in [0.5, 0.6) is 0 Å². The fourth-order valence-corrected chi connectivity index (χ4v) is 1.86. The molecule has 82 valence electrons. The molecule has 1 aromatic heterocycles. The maximum Gasteiger partial charge on any atom is 0.0801 e.